The van der Waals surface area contributed by atoms with Gasteiger partial charge in [0.1, 0.15) is 16.9 Å². The van der Waals surface area contributed by atoms with Gasteiger partial charge in [0.2, 0.25) is 0 Å². The van der Waals surface area contributed by atoms with Crippen molar-refractivity contribution in [3.05, 3.63) is 41.4 Å². The maximum absolute atomic E-state index is 6.32. The summed E-state index contributed by atoms with van der Waals surface area (Å²) < 4.78 is 0. The first kappa shape index (κ1) is 13.4. The van der Waals surface area contributed by atoms with E-state index in [2.05, 4.69) is 31.3 Å². The molecule has 0 spiro atoms. The normalized spacial score (nSPS) is 11.1. The molecule has 0 amide bonds. The number of hydrogen-bond acceptors (Lipinski definition) is 5. The number of imidazole rings is 1. The number of rotatable bonds is 4. The van der Waals surface area contributed by atoms with Crippen molar-refractivity contribution in [2.75, 3.05) is 7.05 Å². The molecule has 0 aliphatic carbocycles. The molecular formula is C13H12ClN5S. The molecule has 0 saturated heterocycles. The third-order valence-corrected chi connectivity index (χ3v) is 4.28. The Morgan fingerprint density at radius 2 is 2.20 bits per heavy atom. The van der Waals surface area contributed by atoms with Crippen molar-refractivity contribution in [2.45, 2.75) is 16.5 Å². The maximum Gasteiger partial charge on any atom is 0.181 e. The first-order valence-corrected chi connectivity index (χ1v) is 7.22. The molecule has 2 heterocycles. The van der Waals surface area contributed by atoms with E-state index in [4.69, 9.17) is 11.6 Å². The minimum atomic E-state index is 0.658. The smallest absolute Gasteiger partial charge is 0.181 e. The van der Waals surface area contributed by atoms with Crippen molar-refractivity contribution in [2.24, 2.45) is 0 Å². The molecule has 1 aromatic carbocycles. The molecule has 0 unspecified atom stereocenters. The van der Waals surface area contributed by atoms with Crippen LogP contribution in [-0.4, -0.2) is 27.0 Å². The van der Waals surface area contributed by atoms with Gasteiger partial charge in [0.25, 0.3) is 0 Å². The SMILES string of the molecule is CNCc1ccc(Sc2ncnc3nc[nH]c23)c(Cl)c1. The summed E-state index contributed by atoms with van der Waals surface area (Å²) >= 11 is 7.82. The minimum Gasteiger partial charge on any atom is -0.341 e. The molecule has 102 valence electrons. The molecule has 7 heteroatoms. The molecule has 0 bridgehead atoms. The second-order valence-electron chi connectivity index (χ2n) is 4.18. The average Bonchev–Trinajstić information content (AvgIpc) is 2.91. The lowest BCUT2D eigenvalue weighted by molar-refractivity contribution is 0.817. The zero-order chi connectivity index (χ0) is 13.9. The van der Waals surface area contributed by atoms with Gasteiger partial charge in [-0.3, -0.25) is 0 Å². The van der Waals surface area contributed by atoms with Crippen LogP contribution in [0.5, 0.6) is 0 Å². The van der Waals surface area contributed by atoms with Crippen molar-refractivity contribution >= 4 is 34.5 Å². The van der Waals surface area contributed by atoms with Crippen molar-refractivity contribution in [3.8, 4) is 0 Å². The number of hydrogen-bond donors (Lipinski definition) is 2. The van der Waals surface area contributed by atoms with Crippen LogP contribution in [0.2, 0.25) is 5.02 Å². The van der Waals surface area contributed by atoms with E-state index < -0.39 is 0 Å². The Bertz CT molecular complexity index is 742. The summed E-state index contributed by atoms with van der Waals surface area (Å²) in [6.07, 6.45) is 3.12. The number of H-pyrrole nitrogens is 1. The zero-order valence-corrected chi connectivity index (χ0v) is 12.3. The third kappa shape index (κ3) is 2.63. The van der Waals surface area contributed by atoms with Gasteiger partial charge in [-0.2, -0.15) is 0 Å². The number of aromatic nitrogens is 4. The fourth-order valence-electron chi connectivity index (χ4n) is 1.87. The first-order chi connectivity index (χ1) is 9.78. The summed E-state index contributed by atoms with van der Waals surface area (Å²) in [6.45, 7) is 0.795. The molecule has 0 radical (unpaired) electrons. The fourth-order valence-corrected chi connectivity index (χ4v) is 3.04. The third-order valence-electron chi connectivity index (χ3n) is 2.77. The van der Waals surface area contributed by atoms with Gasteiger partial charge in [0, 0.05) is 11.4 Å². The highest BCUT2D eigenvalue weighted by molar-refractivity contribution is 7.99. The molecular weight excluding hydrogens is 294 g/mol. The van der Waals surface area contributed by atoms with Gasteiger partial charge >= 0.3 is 0 Å². The van der Waals surface area contributed by atoms with E-state index in [-0.39, 0.29) is 0 Å². The van der Waals surface area contributed by atoms with Gasteiger partial charge in [0.05, 0.1) is 11.3 Å². The Balaban J connectivity index is 1.93. The molecule has 0 atom stereocenters. The Morgan fingerprint density at radius 1 is 1.30 bits per heavy atom. The molecule has 5 nitrogen and oxygen atoms in total. The molecule has 3 rings (SSSR count). The lowest BCUT2D eigenvalue weighted by atomic mass is 10.2. The molecule has 20 heavy (non-hydrogen) atoms. The number of benzene rings is 1. The van der Waals surface area contributed by atoms with Crippen LogP contribution < -0.4 is 5.32 Å². The molecule has 3 aromatic rings. The van der Waals surface area contributed by atoms with E-state index in [1.165, 1.54) is 18.1 Å². The standard InChI is InChI=1S/C13H12ClN5S/c1-15-5-8-2-3-10(9(14)4-8)20-13-11-12(17-6-16-11)18-7-19-13/h2-4,6-7,15H,5H2,1H3,(H,16,17,18,19). The van der Waals surface area contributed by atoms with Gasteiger partial charge < -0.3 is 10.3 Å². The van der Waals surface area contributed by atoms with Crippen LogP contribution in [0.15, 0.2) is 40.8 Å². The highest BCUT2D eigenvalue weighted by Crippen LogP contribution is 2.34. The molecule has 0 aliphatic rings. The summed E-state index contributed by atoms with van der Waals surface area (Å²) in [4.78, 5) is 16.5. The van der Waals surface area contributed by atoms with Crippen LogP contribution >= 0.6 is 23.4 Å². The predicted molar refractivity (Wildman–Crippen MR) is 80.0 cm³/mol. The van der Waals surface area contributed by atoms with Gasteiger partial charge in [0.15, 0.2) is 5.65 Å². The Morgan fingerprint density at radius 3 is 3.00 bits per heavy atom. The van der Waals surface area contributed by atoms with E-state index in [1.54, 1.807) is 6.33 Å². The molecule has 2 aromatic heterocycles. The summed E-state index contributed by atoms with van der Waals surface area (Å²) in [6, 6.07) is 6.02. The van der Waals surface area contributed by atoms with Crippen LogP contribution in [0, 0.1) is 0 Å². The second kappa shape index (κ2) is 5.78. The first-order valence-electron chi connectivity index (χ1n) is 6.03. The lowest BCUT2D eigenvalue weighted by Gasteiger charge is -2.06. The van der Waals surface area contributed by atoms with E-state index in [1.807, 2.05) is 19.2 Å². The van der Waals surface area contributed by atoms with Gasteiger partial charge in [-0.25, -0.2) is 15.0 Å². The van der Waals surface area contributed by atoms with E-state index in [0.717, 1.165) is 27.5 Å². The molecule has 0 aliphatic heterocycles. The second-order valence-corrected chi connectivity index (χ2v) is 5.61. The molecule has 2 N–H and O–H groups in total. The number of fused-ring (bicyclic) bond motifs is 1. The lowest BCUT2D eigenvalue weighted by Crippen LogP contribution is -2.04. The molecule has 0 fully saturated rings. The fraction of sp³-hybridized carbons (Fsp3) is 0.154. The minimum absolute atomic E-state index is 0.658. The van der Waals surface area contributed by atoms with Gasteiger partial charge in [-0.05, 0) is 24.7 Å². The Labute approximate surface area is 125 Å². The largest absolute Gasteiger partial charge is 0.341 e. The predicted octanol–water partition coefficient (Wildman–Crippen LogP) is 2.88. The molecule has 0 saturated carbocycles. The highest BCUT2D eigenvalue weighted by Gasteiger charge is 2.10. The van der Waals surface area contributed by atoms with Crippen LogP contribution in [-0.2, 0) is 6.54 Å². The van der Waals surface area contributed by atoms with Crippen LogP contribution in [0.3, 0.4) is 0 Å². The average molecular weight is 306 g/mol. The monoisotopic (exact) mass is 305 g/mol. The van der Waals surface area contributed by atoms with Crippen molar-refractivity contribution < 1.29 is 0 Å². The van der Waals surface area contributed by atoms with Crippen LogP contribution in [0.4, 0.5) is 0 Å². The quantitative estimate of drug-likeness (QED) is 0.726. The highest BCUT2D eigenvalue weighted by atomic mass is 35.5. The Kier molecular flexibility index (Phi) is 3.86. The van der Waals surface area contributed by atoms with E-state index in [9.17, 15) is 0 Å². The number of halogens is 1. The van der Waals surface area contributed by atoms with Crippen molar-refractivity contribution in [1.82, 2.24) is 25.3 Å². The topological polar surface area (TPSA) is 66.5 Å². The van der Waals surface area contributed by atoms with Crippen molar-refractivity contribution in [1.29, 1.82) is 0 Å². The number of nitrogens with one attached hydrogen (secondary N) is 2. The zero-order valence-electron chi connectivity index (χ0n) is 10.7. The number of aromatic amines is 1. The van der Waals surface area contributed by atoms with Gasteiger partial charge in [-0.15, -0.1) is 0 Å². The summed E-state index contributed by atoms with van der Waals surface area (Å²) in [5.41, 5.74) is 2.63. The summed E-state index contributed by atoms with van der Waals surface area (Å²) in [5, 5.41) is 4.63. The Hall–Kier alpha value is -1.63. The van der Waals surface area contributed by atoms with E-state index >= 15 is 0 Å². The van der Waals surface area contributed by atoms with Crippen molar-refractivity contribution in [3.63, 3.8) is 0 Å². The number of nitrogens with zero attached hydrogens (tertiary/aromatic N) is 3. The summed E-state index contributed by atoms with van der Waals surface area (Å²) in [7, 11) is 1.91. The maximum atomic E-state index is 6.32. The van der Waals surface area contributed by atoms with E-state index in [0.29, 0.717) is 10.7 Å². The van der Waals surface area contributed by atoms with Crippen LogP contribution in [0.25, 0.3) is 11.2 Å². The van der Waals surface area contributed by atoms with Crippen LogP contribution in [0.1, 0.15) is 5.56 Å². The van der Waals surface area contributed by atoms with Gasteiger partial charge in [-0.1, -0.05) is 29.4 Å². The summed E-state index contributed by atoms with van der Waals surface area (Å²) in [5.74, 6) is 0.